The van der Waals surface area contributed by atoms with Crippen LogP contribution in [0.4, 0.5) is 24.0 Å². The second-order valence-corrected chi connectivity index (χ2v) is 8.27. The summed E-state index contributed by atoms with van der Waals surface area (Å²) in [4.78, 5) is 31.2. The third-order valence-electron chi connectivity index (χ3n) is 5.51. The molecule has 0 atom stereocenters. The van der Waals surface area contributed by atoms with Crippen molar-refractivity contribution in [3.63, 3.8) is 0 Å². The molecule has 0 bridgehead atoms. The fraction of sp³-hybridized carbons (Fsp3) is 0.556. The molecule has 3 heterocycles. The lowest BCUT2D eigenvalue weighted by atomic mass is 10.0. The number of alkyl halides is 3. The minimum atomic E-state index is -4.80. The summed E-state index contributed by atoms with van der Waals surface area (Å²) in [5.74, 6) is 0. The fourth-order valence-electron chi connectivity index (χ4n) is 3.94. The molecule has 8 nitrogen and oxygen atoms in total. The molecule has 162 valence electrons. The molecule has 12 heteroatoms. The summed E-state index contributed by atoms with van der Waals surface area (Å²) in [7, 11) is 0. The van der Waals surface area contributed by atoms with Gasteiger partial charge in [0.2, 0.25) is 0 Å². The molecule has 0 aliphatic carbocycles. The van der Waals surface area contributed by atoms with Crippen LogP contribution >= 0.6 is 11.3 Å². The zero-order valence-electron chi connectivity index (χ0n) is 15.9. The molecule has 2 saturated heterocycles. The summed E-state index contributed by atoms with van der Waals surface area (Å²) in [6.07, 6.45) is -3.11. The van der Waals surface area contributed by atoms with E-state index in [0.29, 0.717) is 49.6 Å². The highest BCUT2D eigenvalue weighted by Gasteiger charge is 2.34. The summed E-state index contributed by atoms with van der Waals surface area (Å²) >= 11 is 0.891. The molecule has 0 N–H and O–H groups in total. The van der Waals surface area contributed by atoms with Crippen molar-refractivity contribution in [1.82, 2.24) is 9.88 Å². The molecule has 0 amide bonds. The van der Waals surface area contributed by atoms with E-state index in [-0.39, 0.29) is 10.1 Å². The SMILES string of the molecule is O=c1nc(N2CCC(N3CCOCC3)CC2)sc2c([N+](=O)[O-])cc(C(F)(F)F)cc12. The Labute approximate surface area is 173 Å². The molecule has 0 saturated carbocycles. The quantitative estimate of drug-likeness (QED) is 0.531. The van der Waals surface area contributed by atoms with Gasteiger partial charge in [-0.25, -0.2) is 0 Å². The van der Waals surface area contributed by atoms with E-state index in [1.165, 1.54) is 0 Å². The Hall–Kier alpha value is -2.31. The molecule has 2 fully saturated rings. The second kappa shape index (κ2) is 8.08. The van der Waals surface area contributed by atoms with E-state index in [0.717, 1.165) is 37.3 Å². The van der Waals surface area contributed by atoms with Crippen molar-refractivity contribution in [3.05, 3.63) is 38.2 Å². The number of nitro benzene ring substituents is 1. The molecule has 4 rings (SSSR count). The van der Waals surface area contributed by atoms with E-state index in [1.807, 2.05) is 4.90 Å². The van der Waals surface area contributed by atoms with Gasteiger partial charge >= 0.3 is 6.18 Å². The first-order valence-electron chi connectivity index (χ1n) is 9.51. The molecular weight excluding hydrogens is 425 g/mol. The molecular formula is C18H19F3N4O4S. The Balaban J connectivity index is 1.64. The highest BCUT2D eigenvalue weighted by Crippen LogP contribution is 2.38. The minimum Gasteiger partial charge on any atom is -0.379 e. The first-order chi connectivity index (χ1) is 14.2. The number of non-ortho nitro benzene ring substituents is 1. The zero-order valence-corrected chi connectivity index (χ0v) is 16.7. The van der Waals surface area contributed by atoms with Gasteiger partial charge in [0.15, 0.2) is 5.13 Å². The van der Waals surface area contributed by atoms with E-state index in [4.69, 9.17) is 4.74 Å². The molecule has 2 aliphatic heterocycles. The predicted octanol–water partition coefficient (Wildman–Crippen LogP) is 2.88. The topological polar surface area (TPSA) is 88.8 Å². The summed E-state index contributed by atoms with van der Waals surface area (Å²) < 4.78 is 44.6. The van der Waals surface area contributed by atoms with Crippen LogP contribution in [0.25, 0.3) is 10.1 Å². The normalized spacial score (nSPS) is 19.4. The van der Waals surface area contributed by atoms with Crippen molar-refractivity contribution < 1.29 is 22.8 Å². The maximum absolute atomic E-state index is 13.1. The smallest absolute Gasteiger partial charge is 0.379 e. The van der Waals surface area contributed by atoms with Gasteiger partial charge in [-0.15, -0.1) is 0 Å². The zero-order chi connectivity index (χ0) is 21.5. The number of nitro groups is 1. The van der Waals surface area contributed by atoms with Gasteiger partial charge in [0.05, 0.1) is 29.1 Å². The molecule has 0 spiro atoms. The van der Waals surface area contributed by atoms with Gasteiger partial charge in [-0.1, -0.05) is 11.3 Å². The third kappa shape index (κ3) is 4.12. The van der Waals surface area contributed by atoms with Crippen LogP contribution in [0.1, 0.15) is 18.4 Å². The van der Waals surface area contributed by atoms with Crippen molar-refractivity contribution in [2.75, 3.05) is 44.3 Å². The van der Waals surface area contributed by atoms with Crippen molar-refractivity contribution in [3.8, 4) is 0 Å². The number of ether oxygens (including phenoxy) is 1. The standard InChI is InChI=1S/C18H19F3N4O4S/c19-18(20,21)11-9-13-15(14(10-11)25(27)28)30-17(22-16(13)26)24-3-1-12(2-4-24)23-5-7-29-8-6-23/h9-10,12H,1-8H2. The molecule has 1 aromatic heterocycles. The number of aromatic nitrogens is 1. The van der Waals surface area contributed by atoms with E-state index in [1.54, 1.807) is 0 Å². The molecule has 0 unspecified atom stereocenters. The monoisotopic (exact) mass is 444 g/mol. The van der Waals surface area contributed by atoms with Gasteiger partial charge in [-0.05, 0) is 18.9 Å². The molecule has 2 aliphatic rings. The molecule has 1 aromatic carbocycles. The first-order valence-corrected chi connectivity index (χ1v) is 10.3. The van der Waals surface area contributed by atoms with Crippen LogP contribution in [-0.2, 0) is 10.9 Å². The maximum Gasteiger partial charge on any atom is 0.416 e. The molecule has 2 aromatic rings. The number of anilines is 1. The lowest BCUT2D eigenvalue weighted by Crippen LogP contribution is -2.49. The second-order valence-electron chi connectivity index (χ2n) is 7.30. The van der Waals surface area contributed by atoms with Crippen LogP contribution in [0.3, 0.4) is 0 Å². The van der Waals surface area contributed by atoms with Gasteiger partial charge in [-0.2, -0.15) is 18.2 Å². The summed E-state index contributed by atoms with van der Waals surface area (Å²) in [5, 5.41) is 11.3. The van der Waals surface area contributed by atoms with Crippen molar-refractivity contribution in [2.24, 2.45) is 0 Å². The van der Waals surface area contributed by atoms with E-state index >= 15 is 0 Å². The van der Waals surface area contributed by atoms with Crippen LogP contribution in [0.2, 0.25) is 0 Å². The number of benzene rings is 1. The highest BCUT2D eigenvalue weighted by molar-refractivity contribution is 7.22. The van der Waals surface area contributed by atoms with Crippen LogP contribution in [-0.4, -0.2) is 60.2 Å². The van der Waals surface area contributed by atoms with Crippen molar-refractivity contribution in [2.45, 2.75) is 25.1 Å². The van der Waals surface area contributed by atoms with Crippen LogP contribution in [0.15, 0.2) is 16.9 Å². The average Bonchev–Trinajstić information content (AvgIpc) is 2.73. The Kier molecular flexibility index (Phi) is 5.64. The lowest BCUT2D eigenvalue weighted by molar-refractivity contribution is -0.383. The van der Waals surface area contributed by atoms with E-state index < -0.39 is 27.9 Å². The highest BCUT2D eigenvalue weighted by atomic mass is 32.1. The van der Waals surface area contributed by atoms with E-state index in [2.05, 4.69) is 9.88 Å². The summed E-state index contributed by atoms with van der Waals surface area (Å²) in [6.45, 7) is 4.39. The average molecular weight is 444 g/mol. The largest absolute Gasteiger partial charge is 0.416 e. The number of hydrogen-bond donors (Lipinski definition) is 0. The van der Waals surface area contributed by atoms with Crippen molar-refractivity contribution in [1.29, 1.82) is 0 Å². The Bertz CT molecular complexity index is 1010. The molecule has 30 heavy (non-hydrogen) atoms. The van der Waals surface area contributed by atoms with Gasteiger partial charge < -0.3 is 9.64 Å². The summed E-state index contributed by atoms with van der Waals surface area (Å²) in [6, 6.07) is 1.51. The van der Waals surface area contributed by atoms with Crippen LogP contribution in [0.5, 0.6) is 0 Å². The number of halogens is 3. The Morgan fingerprint density at radius 2 is 1.83 bits per heavy atom. The number of nitrogens with zero attached hydrogens (tertiary/aromatic N) is 4. The Morgan fingerprint density at radius 3 is 2.43 bits per heavy atom. The van der Waals surface area contributed by atoms with Gasteiger partial charge in [0.1, 0.15) is 4.70 Å². The van der Waals surface area contributed by atoms with Gasteiger partial charge in [0.25, 0.3) is 11.2 Å². The maximum atomic E-state index is 13.1. The number of rotatable bonds is 3. The Morgan fingerprint density at radius 1 is 1.17 bits per heavy atom. The minimum absolute atomic E-state index is 0.0849. The number of fused-ring (bicyclic) bond motifs is 1. The summed E-state index contributed by atoms with van der Waals surface area (Å²) in [5.41, 5.74) is -2.84. The number of morpholine rings is 1. The lowest BCUT2D eigenvalue weighted by Gasteiger charge is -2.40. The van der Waals surface area contributed by atoms with Gasteiger partial charge in [-0.3, -0.25) is 19.8 Å². The fourth-order valence-corrected chi connectivity index (χ4v) is 5.06. The number of hydrogen-bond acceptors (Lipinski definition) is 8. The molecule has 0 radical (unpaired) electrons. The van der Waals surface area contributed by atoms with Crippen molar-refractivity contribution >= 4 is 32.2 Å². The van der Waals surface area contributed by atoms with E-state index in [9.17, 15) is 28.1 Å². The van der Waals surface area contributed by atoms with Crippen LogP contribution in [0, 0.1) is 10.1 Å². The number of piperidine rings is 1. The predicted molar refractivity (Wildman–Crippen MR) is 105 cm³/mol. The first kappa shape index (κ1) is 20.9. The van der Waals surface area contributed by atoms with Gasteiger partial charge in [0, 0.05) is 38.3 Å². The van der Waals surface area contributed by atoms with Crippen LogP contribution < -0.4 is 10.5 Å². The third-order valence-corrected chi connectivity index (χ3v) is 6.68.